The molecular formula is C14H15N3O4. The molecule has 21 heavy (non-hydrogen) atoms. The number of benzene rings is 1. The predicted molar refractivity (Wildman–Crippen MR) is 74.9 cm³/mol. The predicted octanol–water partition coefficient (Wildman–Crippen LogP) is 1.13. The summed E-state index contributed by atoms with van der Waals surface area (Å²) < 4.78 is 0. The zero-order chi connectivity index (χ0) is 15.4. The van der Waals surface area contributed by atoms with Crippen molar-refractivity contribution in [1.29, 1.82) is 0 Å². The molecule has 1 aromatic carbocycles. The summed E-state index contributed by atoms with van der Waals surface area (Å²) in [5, 5.41) is 5.30. The van der Waals surface area contributed by atoms with Crippen molar-refractivity contribution < 1.29 is 14.4 Å². The minimum atomic E-state index is -0.658. The number of fused-ring (bicyclic) bond motifs is 1. The number of carbonyl (C=O) groups is 3. The summed E-state index contributed by atoms with van der Waals surface area (Å²) in [7, 11) is 1.52. The van der Waals surface area contributed by atoms with Crippen molar-refractivity contribution in [3.8, 4) is 0 Å². The third-order valence-corrected chi connectivity index (χ3v) is 3.53. The second kappa shape index (κ2) is 6.25. The Morgan fingerprint density at radius 2 is 2.29 bits per heavy atom. The number of carbonyl (C=O) groups excluding carboxylic acids is 3. The summed E-state index contributed by atoms with van der Waals surface area (Å²) in [6, 6.07) is 3.89. The van der Waals surface area contributed by atoms with E-state index in [1.807, 2.05) is 0 Å². The first-order chi connectivity index (χ1) is 10.1. The molecule has 0 spiro atoms. The van der Waals surface area contributed by atoms with E-state index in [0.717, 1.165) is 0 Å². The van der Waals surface area contributed by atoms with Crippen LogP contribution in [0.4, 0.5) is 5.69 Å². The summed E-state index contributed by atoms with van der Waals surface area (Å²) in [6.07, 6.45) is 1.11. The van der Waals surface area contributed by atoms with E-state index in [1.165, 1.54) is 24.1 Å². The van der Waals surface area contributed by atoms with Crippen LogP contribution in [0.5, 0.6) is 0 Å². The van der Waals surface area contributed by atoms with Gasteiger partial charge in [0.1, 0.15) is 12.0 Å². The molecule has 1 atom stereocenters. The molecule has 0 radical (unpaired) electrons. The van der Waals surface area contributed by atoms with Gasteiger partial charge in [0.2, 0.25) is 5.91 Å². The van der Waals surface area contributed by atoms with E-state index in [1.54, 1.807) is 6.07 Å². The quantitative estimate of drug-likeness (QED) is 0.627. The molecule has 1 aliphatic heterocycles. The zero-order valence-electron chi connectivity index (χ0n) is 11.5. The third kappa shape index (κ3) is 2.96. The molecule has 7 nitrogen and oxygen atoms in total. The first-order valence-electron chi connectivity index (χ1n) is 6.53. The van der Waals surface area contributed by atoms with Gasteiger partial charge in [-0.25, -0.2) is 0 Å². The van der Waals surface area contributed by atoms with Crippen molar-refractivity contribution in [3.05, 3.63) is 34.2 Å². The van der Waals surface area contributed by atoms with Gasteiger partial charge in [0.25, 0.3) is 5.91 Å². The minimum absolute atomic E-state index is 0.168. The fourth-order valence-electron chi connectivity index (χ4n) is 2.36. The maximum Gasteiger partial charge on any atom is 0.255 e. The number of nitroso groups, excluding NO2 is 1. The van der Waals surface area contributed by atoms with Gasteiger partial charge in [0, 0.05) is 25.6 Å². The van der Waals surface area contributed by atoms with Crippen molar-refractivity contribution in [3.63, 3.8) is 0 Å². The van der Waals surface area contributed by atoms with Crippen molar-refractivity contribution in [2.75, 3.05) is 7.05 Å². The first-order valence-corrected chi connectivity index (χ1v) is 6.53. The number of amides is 2. The Kier molecular flexibility index (Phi) is 4.42. The number of hydrogen-bond donors (Lipinski definition) is 1. The molecule has 0 aliphatic carbocycles. The van der Waals surface area contributed by atoms with Crippen LogP contribution in [0.1, 0.15) is 28.8 Å². The zero-order valence-corrected chi connectivity index (χ0v) is 11.5. The van der Waals surface area contributed by atoms with Gasteiger partial charge in [-0.1, -0.05) is 0 Å². The lowest BCUT2D eigenvalue weighted by atomic mass is 10.1. The fraction of sp³-hybridized carbons (Fsp3) is 0.357. The SMILES string of the molecule is CNC(=O)CCC(C=O)N1Cc2cc(N=O)ccc2C1=O. The van der Waals surface area contributed by atoms with E-state index >= 15 is 0 Å². The topological polar surface area (TPSA) is 95.9 Å². The van der Waals surface area contributed by atoms with E-state index in [2.05, 4.69) is 10.5 Å². The van der Waals surface area contributed by atoms with Gasteiger partial charge < -0.3 is 15.0 Å². The lowest BCUT2D eigenvalue weighted by Gasteiger charge is -2.22. The lowest BCUT2D eigenvalue weighted by molar-refractivity contribution is -0.121. The number of rotatable bonds is 6. The maximum absolute atomic E-state index is 12.3. The summed E-state index contributed by atoms with van der Waals surface area (Å²) >= 11 is 0. The Morgan fingerprint density at radius 3 is 2.90 bits per heavy atom. The number of aldehydes is 1. The van der Waals surface area contributed by atoms with Gasteiger partial charge in [-0.15, -0.1) is 4.91 Å². The molecular weight excluding hydrogens is 274 g/mol. The van der Waals surface area contributed by atoms with Gasteiger partial charge in [0.05, 0.1) is 6.04 Å². The molecule has 0 fully saturated rings. The van der Waals surface area contributed by atoms with Crippen LogP contribution in [0.15, 0.2) is 23.4 Å². The summed E-state index contributed by atoms with van der Waals surface area (Å²) in [6.45, 7) is 0.245. The molecule has 110 valence electrons. The van der Waals surface area contributed by atoms with Crippen LogP contribution in [-0.2, 0) is 16.1 Å². The smallest absolute Gasteiger partial charge is 0.255 e. The van der Waals surface area contributed by atoms with E-state index < -0.39 is 6.04 Å². The Labute approximate surface area is 121 Å². The second-order valence-electron chi connectivity index (χ2n) is 4.78. The van der Waals surface area contributed by atoms with Crippen molar-refractivity contribution in [2.45, 2.75) is 25.4 Å². The highest BCUT2D eigenvalue weighted by molar-refractivity contribution is 6.00. The molecule has 1 unspecified atom stereocenters. The van der Waals surface area contributed by atoms with Crippen LogP contribution < -0.4 is 5.32 Å². The highest BCUT2D eigenvalue weighted by Gasteiger charge is 2.32. The third-order valence-electron chi connectivity index (χ3n) is 3.53. The Balaban J connectivity index is 2.14. The van der Waals surface area contributed by atoms with Gasteiger partial charge in [0.15, 0.2) is 0 Å². The molecule has 1 aromatic rings. The van der Waals surface area contributed by atoms with Crippen LogP contribution >= 0.6 is 0 Å². The number of nitrogens with zero attached hydrogens (tertiary/aromatic N) is 2. The van der Waals surface area contributed by atoms with E-state index in [4.69, 9.17) is 0 Å². The van der Waals surface area contributed by atoms with Crippen molar-refractivity contribution in [2.24, 2.45) is 5.18 Å². The average molecular weight is 289 g/mol. The molecule has 1 heterocycles. The monoisotopic (exact) mass is 289 g/mol. The van der Waals surface area contributed by atoms with E-state index in [9.17, 15) is 19.3 Å². The average Bonchev–Trinajstić information content (AvgIpc) is 2.84. The molecule has 0 saturated heterocycles. The van der Waals surface area contributed by atoms with Crippen LogP contribution in [0.3, 0.4) is 0 Å². The maximum atomic E-state index is 12.3. The van der Waals surface area contributed by atoms with Crippen LogP contribution in [0, 0.1) is 4.91 Å². The molecule has 7 heteroatoms. The molecule has 0 bridgehead atoms. The van der Waals surface area contributed by atoms with Gasteiger partial charge >= 0.3 is 0 Å². The summed E-state index contributed by atoms with van der Waals surface area (Å²) in [5.74, 6) is -0.449. The molecule has 1 N–H and O–H groups in total. The Bertz CT molecular complexity index is 600. The first kappa shape index (κ1) is 14.8. The Hall–Kier alpha value is -2.57. The Morgan fingerprint density at radius 1 is 1.52 bits per heavy atom. The van der Waals surface area contributed by atoms with Gasteiger partial charge in [-0.3, -0.25) is 9.59 Å². The summed E-state index contributed by atoms with van der Waals surface area (Å²) in [4.78, 5) is 46.7. The van der Waals surface area contributed by atoms with Crippen molar-refractivity contribution in [1.82, 2.24) is 10.2 Å². The van der Waals surface area contributed by atoms with Crippen LogP contribution in [-0.4, -0.2) is 36.1 Å². The normalized spacial score (nSPS) is 14.5. The van der Waals surface area contributed by atoms with Crippen molar-refractivity contribution >= 4 is 23.8 Å². The van der Waals surface area contributed by atoms with Gasteiger partial charge in [-0.05, 0) is 35.4 Å². The van der Waals surface area contributed by atoms with Crippen LogP contribution in [0.2, 0.25) is 0 Å². The molecule has 0 saturated carbocycles. The molecule has 2 amide bonds. The molecule has 1 aliphatic rings. The van der Waals surface area contributed by atoms with E-state index in [-0.39, 0.29) is 36.9 Å². The fourth-order valence-corrected chi connectivity index (χ4v) is 2.36. The number of hydrogen-bond acceptors (Lipinski definition) is 5. The number of nitrogens with one attached hydrogen (secondary N) is 1. The second-order valence-corrected chi connectivity index (χ2v) is 4.78. The molecule has 2 rings (SSSR count). The largest absolute Gasteiger partial charge is 0.359 e. The highest BCUT2D eigenvalue weighted by atomic mass is 16.3. The standard InChI is InChI=1S/C14H15N3O4/c1-15-13(19)5-3-11(8-18)17-7-9-6-10(16-21)2-4-12(9)14(17)20/h2,4,6,8,11H,3,5,7H2,1H3,(H,15,19). The molecule has 0 aromatic heterocycles. The minimum Gasteiger partial charge on any atom is -0.359 e. The highest BCUT2D eigenvalue weighted by Crippen LogP contribution is 2.28. The lowest BCUT2D eigenvalue weighted by Crippen LogP contribution is -2.37. The van der Waals surface area contributed by atoms with Crippen LogP contribution in [0.25, 0.3) is 0 Å². The van der Waals surface area contributed by atoms with Gasteiger partial charge in [-0.2, -0.15) is 0 Å². The summed E-state index contributed by atoms with van der Waals surface area (Å²) in [5.41, 5.74) is 1.38. The van der Waals surface area contributed by atoms with E-state index in [0.29, 0.717) is 17.4 Å².